The van der Waals surface area contributed by atoms with Crippen LogP contribution in [0, 0.1) is 0 Å². The molecule has 1 aromatic heterocycles. The van der Waals surface area contributed by atoms with E-state index in [2.05, 4.69) is 4.98 Å². The van der Waals surface area contributed by atoms with E-state index in [0.717, 1.165) is 0 Å². The van der Waals surface area contributed by atoms with Crippen LogP contribution < -0.4 is 5.73 Å². The van der Waals surface area contributed by atoms with Crippen LogP contribution in [0.5, 0.6) is 0 Å². The molecule has 8 nitrogen and oxygen atoms in total. The highest BCUT2D eigenvalue weighted by Crippen LogP contribution is 2.07. The van der Waals surface area contributed by atoms with Crippen LogP contribution in [0.2, 0.25) is 0 Å². The van der Waals surface area contributed by atoms with Crippen molar-refractivity contribution in [2.45, 2.75) is 0 Å². The highest BCUT2D eigenvalue weighted by molar-refractivity contribution is 5.97. The number of rotatable bonds is 5. The van der Waals surface area contributed by atoms with E-state index in [4.69, 9.17) is 15.9 Å². The van der Waals surface area contributed by atoms with E-state index < -0.39 is 30.9 Å². The van der Waals surface area contributed by atoms with E-state index >= 15 is 0 Å². The van der Waals surface area contributed by atoms with Gasteiger partial charge in [0.2, 0.25) is 0 Å². The van der Waals surface area contributed by atoms with Crippen LogP contribution >= 0.6 is 0 Å². The number of carbonyl (C=O) groups excluding carboxylic acids is 1. The fourth-order valence-corrected chi connectivity index (χ4v) is 1.28. The van der Waals surface area contributed by atoms with E-state index in [0.29, 0.717) is 4.90 Å². The molecule has 0 aliphatic rings. The van der Waals surface area contributed by atoms with Gasteiger partial charge in [-0.15, -0.1) is 0 Å². The molecule has 1 aromatic rings. The average molecular weight is 253 g/mol. The molecular formula is C10H11N3O5. The maximum atomic E-state index is 11.9. The number of carbonyl (C=O) groups is 3. The summed E-state index contributed by atoms with van der Waals surface area (Å²) in [6.07, 6.45) is 2.50. The molecule has 4 N–H and O–H groups in total. The second-order valence-corrected chi connectivity index (χ2v) is 3.46. The summed E-state index contributed by atoms with van der Waals surface area (Å²) < 4.78 is 0. The van der Waals surface area contributed by atoms with Crippen LogP contribution in [0.3, 0.4) is 0 Å². The number of pyridine rings is 1. The van der Waals surface area contributed by atoms with Crippen molar-refractivity contribution in [1.29, 1.82) is 0 Å². The van der Waals surface area contributed by atoms with Crippen LogP contribution in [0.25, 0.3) is 0 Å². The van der Waals surface area contributed by atoms with Crippen molar-refractivity contribution in [3.63, 3.8) is 0 Å². The Morgan fingerprint density at radius 3 is 2.17 bits per heavy atom. The maximum absolute atomic E-state index is 11.9. The first-order valence-corrected chi connectivity index (χ1v) is 4.83. The van der Waals surface area contributed by atoms with Gasteiger partial charge in [-0.05, 0) is 6.07 Å². The largest absolute Gasteiger partial charge is 0.480 e. The number of nitrogens with zero attached hydrogens (tertiary/aromatic N) is 2. The Labute approximate surface area is 102 Å². The Kier molecular flexibility index (Phi) is 4.19. The molecule has 1 heterocycles. The zero-order valence-corrected chi connectivity index (χ0v) is 9.24. The molecule has 0 atom stereocenters. The number of nitrogens with two attached hydrogens (primary N) is 1. The molecule has 0 unspecified atom stereocenters. The Bertz CT molecular complexity index is 472. The number of aromatic nitrogens is 1. The number of carboxylic acids is 2. The average Bonchev–Trinajstić information content (AvgIpc) is 2.26. The predicted molar refractivity (Wildman–Crippen MR) is 59.8 cm³/mol. The molecule has 96 valence electrons. The van der Waals surface area contributed by atoms with Crippen LogP contribution in [0.15, 0.2) is 18.5 Å². The summed E-state index contributed by atoms with van der Waals surface area (Å²) in [5, 5.41) is 17.2. The molecule has 0 saturated carbocycles. The molecule has 0 aliphatic carbocycles. The van der Waals surface area contributed by atoms with Gasteiger partial charge >= 0.3 is 11.9 Å². The molecule has 0 spiro atoms. The summed E-state index contributed by atoms with van der Waals surface area (Å²) in [5.41, 5.74) is 5.70. The Morgan fingerprint density at radius 1 is 1.17 bits per heavy atom. The number of nitrogen functional groups attached to an aromatic ring is 1. The fourth-order valence-electron chi connectivity index (χ4n) is 1.28. The quantitative estimate of drug-likeness (QED) is 0.630. The van der Waals surface area contributed by atoms with Gasteiger partial charge in [-0.25, -0.2) is 0 Å². The molecule has 1 amide bonds. The van der Waals surface area contributed by atoms with Crippen LogP contribution in [-0.4, -0.2) is 51.0 Å². The second kappa shape index (κ2) is 5.62. The van der Waals surface area contributed by atoms with E-state index in [9.17, 15) is 14.4 Å². The number of aliphatic carboxylic acids is 2. The lowest BCUT2D eigenvalue weighted by Gasteiger charge is -2.18. The van der Waals surface area contributed by atoms with Gasteiger partial charge in [0.1, 0.15) is 13.1 Å². The zero-order valence-electron chi connectivity index (χ0n) is 9.24. The third-order valence-electron chi connectivity index (χ3n) is 1.95. The fraction of sp³-hybridized carbons (Fsp3) is 0.200. The summed E-state index contributed by atoms with van der Waals surface area (Å²) in [6.45, 7) is -1.42. The van der Waals surface area contributed by atoms with Gasteiger partial charge < -0.3 is 20.8 Å². The lowest BCUT2D eigenvalue weighted by Crippen LogP contribution is -2.39. The van der Waals surface area contributed by atoms with E-state index in [1.54, 1.807) is 0 Å². The zero-order chi connectivity index (χ0) is 13.7. The van der Waals surface area contributed by atoms with Gasteiger partial charge in [0, 0.05) is 12.4 Å². The molecule has 18 heavy (non-hydrogen) atoms. The summed E-state index contributed by atoms with van der Waals surface area (Å²) in [7, 11) is 0. The van der Waals surface area contributed by atoms with Gasteiger partial charge in [-0.3, -0.25) is 19.4 Å². The lowest BCUT2D eigenvalue weighted by atomic mass is 10.2. The van der Waals surface area contributed by atoms with Gasteiger partial charge in [0.25, 0.3) is 5.91 Å². The Morgan fingerprint density at radius 2 is 1.72 bits per heavy atom. The first-order valence-electron chi connectivity index (χ1n) is 4.83. The van der Waals surface area contributed by atoms with Crippen LogP contribution in [0.4, 0.5) is 5.69 Å². The number of amides is 1. The van der Waals surface area contributed by atoms with Crippen molar-refractivity contribution in [3.05, 3.63) is 24.0 Å². The van der Waals surface area contributed by atoms with Crippen molar-refractivity contribution < 1.29 is 24.6 Å². The highest BCUT2D eigenvalue weighted by Gasteiger charge is 2.21. The molecule has 0 saturated heterocycles. The molecule has 0 radical (unpaired) electrons. The minimum atomic E-state index is -1.30. The van der Waals surface area contributed by atoms with E-state index in [-0.39, 0.29) is 11.3 Å². The minimum Gasteiger partial charge on any atom is -0.480 e. The smallest absolute Gasteiger partial charge is 0.323 e. The highest BCUT2D eigenvalue weighted by atomic mass is 16.4. The molecule has 1 rings (SSSR count). The van der Waals surface area contributed by atoms with E-state index in [1.807, 2.05) is 0 Å². The van der Waals surface area contributed by atoms with Crippen molar-refractivity contribution in [2.75, 3.05) is 18.8 Å². The van der Waals surface area contributed by atoms with Crippen molar-refractivity contribution in [2.24, 2.45) is 0 Å². The number of hydrogen-bond donors (Lipinski definition) is 3. The standard InChI is InChI=1S/C10H11N3O5/c11-7-1-6(2-12-3-7)10(18)13(4-8(14)15)5-9(16)17/h1-3H,4-5,11H2,(H,14,15)(H,16,17). The second-order valence-electron chi connectivity index (χ2n) is 3.46. The monoisotopic (exact) mass is 253 g/mol. The third-order valence-corrected chi connectivity index (χ3v) is 1.95. The molecule has 0 aromatic carbocycles. The SMILES string of the molecule is Nc1cncc(C(=O)N(CC(=O)O)CC(=O)O)c1. The van der Waals surface area contributed by atoms with Crippen LogP contribution in [-0.2, 0) is 9.59 Å². The van der Waals surface area contributed by atoms with Gasteiger partial charge in [-0.2, -0.15) is 0 Å². The van der Waals surface area contributed by atoms with Crippen molar-refractivity contribution in [1.82, 2.24) is 9.88 Å². The molecular weight excluding hydrogens is 242 g/mol. The number of anilines is 1. The normalized spacial score (nSPS) is 9.78. The lowest BCUT2D eigenvalue weighted by molar-refractivity contribution is -0.140. The summed E-state index contributed by atoms with van der Waals surface area (Å²) >= 11 is 0. The van der Waals surface area contributed by atoms with Gasteiger partial charge in [-0.1, -0.05) is 0 Å². The Balaban J connectivity index is 2.94. The summed E-state index contributed by atoms with van der Waals surface area (Å²) in [6, 6.07) is 1.30. The summed E-state index contributed by atoms with van der Waals surface area (Å²) in [5.74, 6) is -3.36. The maximum Gasteiger partial charge on any atom is 0.323 e. The van der Waals surface area contributed by atoms with Crippen molar-refractivity contribution in [3.8, 4) is 0 Å². The molecule has 0 aliphatic heterocycles. The van der Waals surface area contributed by atoms with Crippen LogP contribution in [0.1, 0.15) is 10.4 Å². The van der Waals surface area contributed by atoms with Gasteiger partial charge in [0.15, 0.2) is 0 Å². The molecule has 0 fully saturated rings. The van der Waals surface area contributed by atoms with E-state index in [1.165, 1.54) is 18.5 Å². The number of hydrogen-bond acceptors (Lipinski definition) is 5. The number of carboxylic acid groups (broad SMARTS) is 2. The minimum absolute atomic E-state index is 0.0394. The van der Waals surface area contributed by atoms with Crippen molar-refractivity contribution >= 4 is 23.5 Å². The first kappa shape index (κ1) is 13.4. The predicted octanol–water partition coefficient (Wildman–Crippen LogP) is -0.725. The first-order chi connectivity index (χ1) is 8.40. The topological polar surface area (TPSA) is 134 Å². The summed E-state index contributed by atoms with van der Waals surface area (Å²) in [4.78, 5) is 37.4. The third kappa shape index (κ3) is 3.74. The van der Waals surface area contributed by atoms with Gasteiger partial charge in [0.05, 0.1) is 11.3 Å². The molecule has 8 heteroatoms. The molecule has 0 bridgehead atoms. The Hall–Kier alpha value is -2.64.